The third-order valence-electron chi connectivity index (χ3n) is 3.47. The molecule has 21 heavy (non-hydrogen) atoms. The Labute approximate surface area is 128 Å². The molecule has 0 bridgehead atoms. The van der Waals surface area contributed by atoms with Crippen molar-refractivity contribution in [1.82, 2.24) is 9.38 Å². The molecule has 0 spiro atoms. The maximum atomic E-state index is 5.36. The number of methoxy groups -OCH3 is 1. The lowest BCUT2D eigenvalue weighted by Gasteiger charge is -2.08. The lowest BCUT2D eigenvalue weighted by molar-refractivity contribution is 0.395. The van der Waals surface area contributed by atoms with Crippen LogP contribution in [0.5, 0.6) is 5.88 Å². The van der Waals surface area contributed by atoms with E-state index in [1.54, 1.807) is 18.4 Å². The van der Waals surface area contributed by atoms with E-state index in [0.29, 0.717) is 12.4 Å². The number of rotatable bonds is 6. The second-order valence-electron chi connectivity index (χ2n) is 4.92. The third kappa shape index (κ3) is 2.88. The van der Waals surface area contributed by atoms with E-state index in [0.717, 1.165) is 22.8 Å². The summed E-state index contributed by atoms with van der Waals surface area (Å²) in [7, 11) is 1.66. The number of hydrogen-bond donors (Lipinski definition) is 1. The summed E-state index contributed by atoms with van der Waals surface area (Å²) < 4.78 is 7.43. The number of aromatic nitrogens is 2. The number of nitrogens with zero attached hydrogens (tertiary/aromatic N) is 2. The van der Waals surface area contributed by atoms with Gasteiger partial charge in [0.25, 0.3) is 0 Å². The maximum absolute atomic E-state index is 5.36. The molecule has 3 rings (SSSR count). The Balaban J connectivity index is 1.74. The van der Waals surface area contributed by atoms with E-state index in [4.69, 9.17) is 4.74 Å². The maximum Gasteiger partial charge on any atom is 0.238 e. The second-order valence-corrected chi connectivity index (χ2v) is 5.80. The molecule has 0 atom stereocenters. The summed E-state index contributed by atoms with van der Waals surface area (Å²) in [6.07, 6.45) is 4.33. The van der Waals surface area contributed by atoms with E-state index >= 15 is 0 Å². The van der Waals surface area contributed by atoms with Crippen molar-refractivity contribution in [3.8, 4) is 5.88 Å². The Morgan fingerprint density at radius 2 is 2.10 bits per heavy atom. The molecule has 2 aromatic heterocycles. The minimum Gasteiger partial charge on any atom is -0.480 e. The molecule has 0 radical (unpaired) electrons. The molecule has 0 saturated carbocycles. The van der Waals surface area contributed by atoms with Gasteiger partial charge in [0.2, 0.25) is 5.88 Å². The summed E-state index contributed by atoms with van der Waals surface area (Å²) in [4.78, 5) is 5.42. The van der Waals surface area contributed by atoms with E-state index in [1.807, 2.05) is 11.6 Å². The van der Waals surface area contributed by atoms with Gasteiger partial charge in [-0.25, -0.2) is 0 Å². The van der Waals surface area contributed by atoms with Crippen LogP contribution in [0.15, 0.2) is 35.8 Å². The van der Waals surface area contributed by atoms with Gasteiger partial charge in [-0.05, 0) is 24.1 Å². The van der Waals surface area contributed by atoms with Crippen LogP contribution in [0.2, 0.25) is 0 Å². The topological polar surface area (TPSA) is 38.6 Å². The van der Waals surface area contributed by atoms with Crippen LogP contribution in [0, 0.1) is 0 Å². The van der Waals surface area contributed by atoms with Gasteiger partial charge >= 0.3 is 0 Å². The number of imidazole rings is 1. The fourth-order valence-electron chi connectivity index (χ4n) is 2.40. The molecule has 4 nitrogen and oxygen atoms in total. The molecule has 1 N–H and O–H groups in total. The Kier molecular flexibility index (Phi) is 4.10. The first-order chi connectivity index (χ1) is 10.3. The highest BCUT2D eigenvalue weighted by Crippen LogP contribution is 2.24. The Morgan fingerprint density at radius 1 is 1.29 bits per heavy atom. The van der Waals surface area contributed by atoms with E-state index in [1.165, 1.54) is 12.0 Å². The summed E-state index contributed by atoms with van der Waals surface area (Å²) in [5.41, 5.74) is 3.54. The molecule has 1 aromatic carbocycles. The minimum absolute atomic E-state index is 0.689. The largest absolute Gasteiger partial charge is 0.480 e. The van der Waals surface area contributed by atoms with E-state index < -0.39 is 0 Å². The molecule has 0 aliphatic carbocycles. The van der Waals surface area contributed by atoms with Gasteiger partial charge in [0.05, 0.1) is 13.7 Å². The smallest absolute Gasteiger partial charge is 0.238 e. The average Bonchev–Trinajstić information content (AvgIpc) is 3.07. The first-order valence-electron chi connectivity index (χ1n) is 7.13. The molecular formula is C16H19N3OS. The van der Waals surface area contributed by atoms with Gasteiger partial charge in [-0.15, -0.1) is 11.3 Å². The number of ether oxygens (including phenoxy) is 1. The van der Waals surface area contributed by atoms with Crippen molar-refractivity contribution in [2.45, 2.75) is 26.3 Å². The zero-order chi connectivity index (χ0) is 14.7. The van der Waals surface area contributed by atoms with Gasteiger partial charge in [-0.1, -0.05) is 25.5 Å². The number of nitrogens with one attached hydrogen (secondary N) is 1. The van der Waals surface area contributed by atoms with Crippen LogP contribution in [-0.4, -0.2) is 16.5 Å². The first kappa shape index (κ1) is 13.9. The van der Waals surface area contributed by atoms with Crippen molar-refractivity contribution in [1.29, 1.82) is 0 Å². The summed E-state index contributed by atoms with van der Waals surface area (Å²) in [6, 6.07) is 8.62. The van der Waals surface area contributed by atoms with Crippen molar-refractivity contribution in [2.75, 3.05) is 12.4 Å². The van der Waals surface area contributed by atoms with Crippen molar-refractivity contribution in [3.63, 3.8) is 0 Å². The van der Waals surface area contributed by atoms with Crippen LogP contribution in [0.3, 0.4) is 0 Å². The van der Waals surface area contributed by atoms with E-state index in [-0.39, 0.29) is 0 Å². The van der Waals surface area contributed by atoms with Crippen LogP contribution in [0.25, 0.3) is 4.96 Å². The lowest BCUT2D eigenvalue weighted by atomic mass is 10.1. The van der Waals surface area contributed by atoms with Crippen molar-refractivity contribution < 1.29 is 4.74 Å². The molecule has 110 valence electrons. The van der Waals surface area contributed by atoms with Crippen LogP contribution in [0.1, 0.15) is 24.6 Å². The zero-order valence-electron chi connectivity index (χ0n) is 12.3. The summed E-state index contributed by atoms with van der Waals surface area (Å²) in [6.45, 7) is 2.89. The van der Waals surface area contributed by atoms with Crippen LogP contribution in [-0.2, 0) is 13.0 Å². The molecule has 0 saturated heterocycles. The molecule has 0 fully saturated rings. The number of hydrogen-bond acceptors (Lipinski definition) is 4. The fourth-order valence-corrected chi connectivity index (χ4v) is 3.13. The second kappa shape index (κ2) is 6.18. The minimum atomic E-state index is 0.689. The normalized spacial score (nSPS) is 11.0. The Hall–Kier alpha value is -2.01. The SMILES string of the molecule is CCCc1ccc(NCc2c(OC)nc3sccn23)cc1. The Morgan fingerprint density at radius 3 is 2.81 bits per heavy atom. The highest BCUT2D eigenvalue weighted by molar-refractivity contribution is 7.15. The standard InChI is InChI=1S/C16H19N3OS/c1-3-4-12-5-7-13(8-6-12)17-11-14-15(20-2)18-16-19(14)9-10-21-16/h5-10,17H,3-4,11H2,1-2H3. The molecular weight excluding hydrogens is 282 g/mol. The summed E-state index contributed by atoms with van der Waals surface area (Å²) in [5, 5.41) is 5.47. The van der Waals surface area contributed by atoms with Gasteiger partial charge in [0, 0.05) is 17.3 Å². The van der Waals surface area contributed by atoms with Crippen molar-refractivity contribution in [3.05, 3.63) is 47.1 Å². The number of aryl methyl sites for hydroxylation is 1. The molecule has 2 heterocycles. The molecule has 5 heteroatoms. The molecule has 0 unspecified atom stereocenters. The monoisotopic (exact) mass is 301 g/mol. The molecule has 0 aliphatic heterocycles. The highest BCUT2D eigenvalue weighted by atomic mass is 32.1. The van der Waals surface area contributed by atoms with Gasteiger partial charge in [-0.2, -0.15) is 4.98 Å². The van der Waals surface area contributed by atoms with Crippen LogP contribution in [0.4, 0.5) is 5.69 Å². The lowest BCUT2D eigenvalue weighted by Crippen LogP contribution is -2.03. The number of fused-ring (bicyclic) bond motifs is 1. The highest BCUT2D eigenvalue weighted by Gasteiger charge is 2.13. The summed E-state index contributed by atoms with van der Waals surface area (Å²) in [5.74, 6) is 0.692. The molecule has 0 aliphatic rings. The predicted octanol–water partition coefficient (Wildman–Crippen LogP) is 3.97. The van der Waals surface area contributed by atoms with Gasteiger partial charge in [0.1, 0.15) is 5.69 Å². The summed E-state index contributed by atoms with van der Waals surface area (Å²) >= 11 is 1.61. The van der Waals surface area contributed by atoms with Crippen LogP contribution < -0.4 is 10.1 Å². The van der Waals surface area contributed by atoms with Gasteiger partial charge < -0.3 is 10.1 Å². The predicted molar refractivity (Wildman–Crippen MR) is 87.4 cm³/mol. The van der Waals surface area contributed by atoms with Gasteiger partial charge in [0.15, 0.2) is 4.96 Å². The first-order valence-corrected chi connectivity index (χ1v) is 8.01. The zero-order valence-corrected chi connectivity index (χ0v) is 13.1. The Bertz CT molecular complexity index is 715. The van der Waals surface area contributed by atoms with E-state index in [9.17, 15) is 0 Å². The van der Waals surface area contributed by atoms with Crippen molar-refractivity contribution in [2.24, 2.45) is 0 Å². The number of thiazole rings is 1. The molecule has 0 amide bonds. The quantitative estimate of drug-likeness (QED) is 0.748. The number of anilines is 1. The fraction of sp³-hybridized carbons (Fsp3) is 0.312. The third-order valence-corrected chi connectivity index (χ3v) is 4.23. The van der Waals surface area contributed by atoms with E-state index in [2.05, 4.69) is 45.9 Å². The van der Waals surface area contributed by atoms with Gasteiger partial charge in [-0.3, -0.25) is 4.40 Å². The van der Waals surface area contributed by atoms with Crippen molar-refractivity contribution >= 4 is 22.0 Å². The molecule has 3 aromatic rings. The number of benzene rings is 1. The average molecular weight is 301 g/mol. The van der Waals surface area contributed by atoms with Crippen LogP contribution >= 0.6 is 11.3 Å².